The molecule has 0 aromatic carbocycles. The number of rotatable bonds is 3. The molecule has 3 nitrogen and oxygen atoms in total. The summed E-state index contributed by atoms with van der Waals surface area (Å²) in [6.45, 7) is 2.83. The van der Waals surface area contributed by atoms with E-state index >= 15 is 0 Å². The van der Waals surface area contributed by atoms with Crippen LogP contribution in [-0.4, -0.2) is 9.55 Å². The van der Waals surface area contributed by atoms with Crippen LogP contribution in [0.3, 0.4) is 0 Å². The summed E-state index contributed by atoms with van der Waals surface area (Å²) in [5.41, 5.74) is 8.21. The molecule has 2 N–H and O–H groups in total. The third-order valence-corrected chi connectivity index (χ3v) is 2.88. The highest BCUT2D eigenvalue weighted by Crippen LogP contribution is 2.13. The minimum atomic E-state index is 0.0381. The predicted molar refractivity (Wildman–Crippen MR) is 58.3 cm³/mol. The number of nitrogens with two attached hydrogens (primary N) is 1. The number of nitrogens with zero attached hydrogens (tertiary/aromatic N) is 2. The van der Waals surface area contributed by atoms with E-state index in [2.05, 4.69) is 26.4 Å². The van der Waals surface area contributed by atoms with Gasteiger partial charge in [-0.1, -0.05) is 0 Å². The maximum Gasteiger partial charge on any atom is 0.0951 e. The molecule has 0 aliphatic carbocycles. The fourth-order valence-electron chi connectivity index (χ4n) is 1.42. The molecule has 0 fully saturated rings. The Morgan fingerprint density at radius 3 is 3.14 bits per heavy atom. The number of imidazole rings is 1. The molecular weight excluding hydrogens is 194 g/mol. The lowest BCUT2D eigenvalue weighted by molar-refractivity contribution is 0.675. The smallest absolute Gasteiger partial charge is 0.0951 e. The van der Waals surface area contributed by atoms with E-state index in [4.69, 9.17) is 5.73 Å². The molecule has 0 bridgehead atoms. The van der Waals surface area contributed by atoms with Crippen LogP contribution in [0.1, 0.15) is 24.2 Å². The number of hydrogen-bond donors (Lipinski definition) is 1. The molecule has 1 atom stereocenters. The molecule has 0 radical (unpaired) electrons. The molecule has 0 amide bonds. The summed E-state index contributed by atoms with van der Waals surface area (Å²) in [7, 11) is 0. The van der Waals surface area contributed by atoms with Gasteiger partial charge >= 0.3 is 0 Å². The van der Waals surface area contributed by atoms with Gasteiger partial charge in [0.25, 0.3) is 0 Å². The maximum atomic E-state index is 5.83. The second kappa shape index (κ2) is 3.94. The lowest BCUT2D eigenvalue weighted by Gasteiger charge is -2.09. The fraction of sp³-hybridized carbons (Fsp3) is 0.300. The molecular formula is C10H13N3S. The molecule has 14 heavy (non-hydrogen) atoms. The van der Waals surface area contributed by atoms with Gasteiger partial charge in [-0.25, -0.2) is 4.98 Å². The van der Waals surface area contributed by atoms with Crippen LogP contribution in [0.5, 0.6) is 0 Å². The quantitative estimate of drug-likeness (QED) is 0.836. The van der Waals surface area contributed by atoms with E-state index in [1.54, 1.807) is 11.3 Å². The SMILES string of the molecule is C[C@H](N)c1cncn1Cc1ccsc1. The van der Waals surface area contributed by atoms with E-state index < -0.39 is 0 Å². The van der Waals surface area contributed by atoms with Crippen molar-refractivity contribution in [3.05, 3.63) is 40.6 Å². The summed E-state index contributed by atoms with van der Waals surface area (Å²) in [5, 5.41) is 4.22. The fourth-order valence-corrected chi connectivity index (χ4v) is 2.08. The van der Waals surface area contributed by atoms with Crippen LogP contribution in [0, 0.1) is 0 Å². The molecule has 2 heterocycles. The first-order valence-electron chi connectivity index (χ1n) is 4.54. The van der Waals surface area contributed by atoms with E-state index in [1.807, 2.05) is 19.4 Å². The largest absolute Gasteiger partial charge is 0.329 e. The van der Waals surface area contributed by atoms with Crippen molar-refractivity contribution in [3.63, 3.8) is 0 Å². The van der Waals surface area contributed by atoms with Crippen molar-refractivity contribution < 1.29 is 0 Å². The molecule has 0 unspecified atom stereocenters. The Kier molecular flexibility index (Phi) is 2.65. The van der Waals surface area contributed by atoms with Gasteiger partial charge in [-0.3, -0.25) is 0 Å². The van der Waals surface area contributed by atoms with Crippen LogP contribution in [0.4, 0.5) is 0 Å². The Morgan fingerprint density at radius 1 is 1.64 bits per heavy atom. The van der Waals surface area contributed by atoms with Gasteiger partial charge in [-0.15, -0.1) is 0 Å². The first kappa shape index (κ1) is 9.43. The van der Waals surface area contributed by atoms with Crippen molar-refractivity contribution in [2.75, 3.05) is 0 Å². The molecule has 0 saturated heterocycles. The highest BCUT2D eigenvalue weighted by atomic mass is 32.1. The topological polar surface area (TPSA) is 43.8 Å². The molecule has 0 aliphatic heterocycles. The van der Waals surface area contributed by atoms with E-state index in [1.165, 1.54) is 5.56 Å². The minimum absolute atomic E-state index is 0.0381. The van der Waals surface area contributed by atoms with Gasteiger partial charge in [0, 0.05) is 18.8 Å². The van der Waals surface area contributed by atoms with E-state index in [-0.39, 0.29) is 6.04 Å². The van der Waals surface area contributed by atoms with Gasteiger partial charge in [0.05, 0.1) is 12.0 Å². The Balaban J connectivity index is 2.21. The Bertz CT molecular complexity index is 389. The van der Waals surface area contributed by atoms with Gasteiger partial charge in [-0.2, -0.15) is 11.3 Å². The van der Waals surface area contributed by atoms with Crippen molar-refractivity contribution in [2.24, 2.45) is 5.73 Å². The molecule has 74 valence electrons. The minimum Gasteiger partial charge on any atom is -0.329 e. The summed E-state index contributed by atoms with van der Waals surface area (Å²) in [4.78, 5) is 4.11. The third kappa shape index (κ3) is 1.86. The van der Waals surface area contributed by atoms with Crippen LogP contribution >= 0.6 is 11.3 Å². The van der Waals surface area contributed by atoms with Crippen LogP contribution < -0.4 is 5.73 Å². The summed E-state index contributed by atoms with van der Waals surface area (Å²) in [6, 6.07) is 2.16. The molecule has 0 spiro atoms. The van der Waals surface area contributed by atoms with Crippen LogP contribution in [-0.2, 0) is 6.54 Å². The standard InChI is InChI=1S/C10H13N3S/c1-8(11)10-4-12-7-13(10)5-9-2-3-14-6-9/h2-4,6-8H,5,11H2,1H3/t8-/m0/s1. The van der Waals surface area contributed by atoms with Crippen molar-refractivity contribution in [1.82, 2.24) is 9.55 Å². The normalized spacial score (nSPS) is 13.0. The molecule has 4 heteroatoms. The van der Waals surface area contributed by atoms with E-state index in [0.717, 1.165) is 12.2 Å². The highest BCUT2D eigenvalue weighted by molar-refractivity contribution is 7.07. The average Bonchev–Trinajstić information content (AvgIpc) is 2.75. The molecule has 2 aromatic rings. The Hall–Kier alpha value is -1.13. The van der Waals surface area contributed by atoms with Gasteiger partial charge in [-0.05, 0) is 29.3 Å². The first-order chi connectivity index (χ1) is 6.77. The monoisotopic (exact) mass is 207 g/mol. The summed E-state index contributed by atoms with van der Waals surface area (Å²) >= 11 is 1.71. The van der Waals surface area contributed by atoms with E-state index in [0.29, 0.717) is 0 Å². The lowest BCUT2D eigenvalue weighted by atomic mass is 10.2. The van der Waals surface area contributed by atoms with Crippen molar-refractivity contribution in [2.45, 2.75) is 19.5 Å². The summed E-state index contributed by atoms with van der Waals surface area (Å²) in [6.07, 6.45) is 3.66. The zero-order valence-corrected chi connectivity index (χ0v) is 8.87. The Morgan fingerprint density at radius 2 is 2.50 bits per heavy atom. The van der Waals surface area contributed by atoms with E-state index in [9.17, 15) is 0 Å². The average molecular weight is 207 g/mol. The number of aromatic nitrogens is 2. The van der Waals surface area contributed by atoms with Crippen LogP contribution in [0.25, 0.3) is 0 Å². The second-order valence-electron chi connectivity index (χ2n) is 3.37. The predicted octanol–water partition coefficient (Wildman–Crippen LogP) is 2.01. The third-order valence-electron chi connectivity index (χ3n) is 2.14. The maximum absolute atomic E-state index is 5.83. The van der Waals surface area contributed by atoms with Gasteiger partial charge in [0.2, 0.25) is 0 Å². The van der Waals surface area contributed by atoms with Gasteiger partial charge < -0.3 is 10.3 Å². The van der Waals surface area contributed by atoms with Crippen LogP contribution in [0.2, 0.25) is 0 Å². The molecule has 2 rings (SSSR count). The zero-order chi connectivity index (χ0) is 9.97. The molecule has 2 aromatic heterocycles. The van der Waals surface area contributed by atoms with Crippen molar-refractivity contribution in [1.29, 1.82) is 0 Å². The van der Waals surface area contributed by atoms with Gasteiger partial charge in [0.1, 0.15) is 0 Å². The molecule has 0 aliphatic rings. The Labute approximate surface area is 87.2 Å². The number of thiophene rings is 1. The second-order valence-corrected chi connectivity index (χ2v) is 4.15. The van der Waals surface area contributed by atoms with Gasteiger partial charge in [0.15, 0.2) is 0 Å². The highest BCUT2D eigenvalue weighted by Gasteiger charge is 2.06. The zero-order valence-electron chi connectivity index (χ0n) is 8.05. The van der Waals surface area contributed by atoms with Crippen molar-refractivity contribution in [3.8, 4) is 0 Å². The number of hydrogen-bond acceptors (Lipinski definition) is 3. The van der Waals surface area contributed by atoms with Crippen LogP contribution in [0.15, 0.2) is 29.4 Å². The lowest BCUT2D eigenvalue weighted by Crippen LogP contribution is -2.12. The summed E-state index contributed by atoms with van der Waals surface area (Å²) in [5.74, 6) is 0. The molecule has 0 saturated carbocycles. The summed E-state index contributed by atoms with van der Waals surface area (Å²) < 4.78 is 2.09. The van der Waals surface area contributed by atoms with Crippen molar-refractivity contribution >= 4 is 11.3 Å². The first-order valence-corrected chi connectivity index (χ1v) is 5.48.